The number of para-hydroxylation sites is 2. The molecule has 2 aromatic carbocycles. The summed E-state index contributed by atoms with van der Waals surface area (Å²) in [4.78, 5) is 39.5. The molecule has 0 radical (unpaired) electrons. The highest BCUT2D eigenvalue weighted by Gasteiger charge is 2.38. The summed E-state index contributed by atoms with van der Waals surface area (Å²) in [7, 11) is 0. The fourth-order valence-electron chi connectivity index (χ4n) is 3.63. The van der Waals surface area contributed by atoms with Crippen LogP contribution in [-0.4, -0.2) is 43.6 Å². The minimum absolute atomic E-state index is 0.0298. The van der Waals surface area contributed by atoms with Crippen LogP contribution in [0.4, 0.5) is 5.69 Å². The van der Waals surface area contributed by atoms with Crippen molar-refractivity contribution in [1.82, 2.24) is 5.32 Å². The van der Waals surface area contributed by atoms with E-state index in [-0.39, 0.29) is 23.1 Å². The maximum Gasteiger partial charge on any atom is 0.266 e. The number of anilines is 1. The van der Waals surface area contributed by atoms with Gasteiger partial charge >= 0.3 is 0 Å². The van der Waals surface area contributed by atoms with E-state index in [4.69, 9.17) is 9.47 Å². The van der Waals surface area contributed by atoms with E-state index in [0.717, 1.165) is 24.3 Å². The van der Waals surface area contributed by atoms with Crippen molar-refractivity contribution < 1.29 is 23.9 Å². The van der Waals surface area contributed by atoms with Gasteiger partial charge in [0.1, 0.15) is 5.75 Å². The zero-order valence-electron chi connectivity index (χ0n) is 16.1. The molecular weight excluding hydrogens is 372 g/mol. The fraction of sp³-hybridized carbons (Fsp3) is 0.318. The van der Waals surface area contributed by atoms with Crippen LogP contribution in [0, 0.1) is 0 Å². The first kappa shape index (κ1) is 19.1. The van der Waals surface area contributed by atoms with Gasteiger partial charge in [-0.25, -0.2) is 4.90 Å². The second-order valence-electron chi connectivity index (χ2n) is 6.95. The van der Waals surface area contributed by atoms with E-state index < -0.39 is 11.8 Å². The molecule has 1 N–H and O–H groups in total. The molecule has 1 fully saturated rings. The summed E-state index contributed by atoms with van der Waals surface area (Å²) in [6.45, 7) is 3.39. The monoisotopic (exact) mass is 394 g/mol. The number of benzene rings is 2. The van der Waals surface area contributed by atoms with Crippen molar-refractivity contribution in [2.75, 3.05) is 24.7 Å². The van der Waals surface area contributed by atoms with E-state index in [1.807, 2.05) is 6.92 Å². The third kappa shape index (κ3) is 3.61. The van der Waals surface area contributed by atoms with Crippen molar-refractivity contribution >= 4 is 23.4 Å². The predicted octanol–water partition coefficient (Wildman–Crippen LogP) is 2.79. The number of hydrogen-bond acceptors (Lipinski definition) is 5. The highest BCUT2D eigenvalue weighted by atomic mass is 16.5. The molecule has 0 bridgehead atoms. The lowest BCUT2D eigenvalue weighted by Crippen LogP contribution is -2.31. The lowest BCUT2D eigenvalue weighted by atomic mass is 10.1. The Balaban J connectivity index is 1.57. The molecule has 150 valence electrons. The van der Waals surface area contributed by atoms with Crippen molar-refractivity contribution in [3.63, 3.8) is 0 Å². The SMILES string of the molecule is CCOc1ccccc1N1C(=O)c2ccc(C(=O)NCC3CCCO3)cc2C1=O. The number of ether oxygens (including phenoxy) is 2. The van der Waals surface area contributed by atoms with Crippen LogP contribution in [0.2, 0.25) is 0 Å². The average Bonchev–Trinajstić information content (AvgIpc) is 3.34. The van der Waals surface area contributed by atoms with Crippen molar-refractivity contribution in [3.05, 3.63) is 59.2 Å². The minimum atomic E-state index is -0.467. The molecule has 3 amide bonds. The molecule has 4 rings (SSSR count). The molecule has 2 heterocycles. The zero-order chi connectivity index (χ0) is 20.4. The summed E-state index contributed by atoms with van der Waals surface area (Å²) < 4.78 is 11.1. The third-order valence-electron chi connectivity index (χ3n) is 5.07. The Bertz CT molecular complexity index is 965. The number of carbonyl (C=O) groups excluding carboxylic acids is 3. The summed E-state index contributed by atoms with van der Waals surface area (Å²) in [5.74, 6) is -0.731. The van der Waals surface area contributed by atoms with Crippen LogP contribution in [0.1, 0.15) is 50.8 Å². The normalized spacial score (nSPS) is 18.1. The summed E-state index contributed by atoms with van der Waals surface area (Å²) in [6, 6.07) is 11.5. The van der Waals surface area contributed by atoms with Gasteiger partial charge in [-0.3, -0.25) is 14.4 Å². The summed E-state index contributed by atoms with van der Waals surface area (Å²) in [5.41, 5.74) is 1.22. The molecule has 2 aliphatic rings. The molecule has 0 aromatic heterocycles. The highest BCUT2D eigenvalue weighted by molar-refractivity contribution is 6.35. The number of amides is 3. The maximum atomic E-state index is 13.0. The summed E-state index contributed by atoms with van der Waals surface area (Å²) in [6.07, 6.45) is 1.95. The number of rotatable bonds is 6. The van der Waals surface area contributed by atoms with Gasteiger partial charge in [0.25, 0.3) is 17.7 Å². The first-order valence-electron chi connectivity index (χ1n) is 9.74. The molecule has 1 unspecified atom stereocenters. The lowest BCUT2D eigenvalue weighted by Gasteiger charge is -2.17. The van der Waals surface area contributed by atoms with Gasteiger partial charge in [0.05, 0.1) is 29.5 Å². The van der Waals surface area contributed by atoms with E-state index in [9.17, 15) is 14.4 Å². The summed E-state index contributed by atoms with van der Waals surface area (Å²) >= 11 is 0. The Morgan fingerprint density at radius 1 is 1.17 bits per heavy atom. The number of hydrogen-bond donors (Lipinski definition) is 1. The van der Waals surface area contributed by atoms with E-state index in [0.29, 0.717) is 30.2 Å². The van der Waals surface area contributed by atoms with Crippen LogP contribution in [0.15, 0.2) is 42.5 Å². The van der Waals surface area contributed by atoms with Gasteiger partial charge in [-0.1, -0.05) is 12.1 Å². The molecule has 2 aliphatic heterocycles. The van der Waals surface area contributed by atoms with E-state index >= 15 is 0 Å². The first-order chi connectivity index (χ1) is 14.1. The molecule has 0 saturated carbocycles. The van der Waals surface area contributed by atoms with Gasteiger partial charge in [0.15, 0.2) is 0 Å². The van der Waals surface area contributed by atoms with Crippen LogP contribution in [0.5, 0.6) is 5.75 Å². The number of nitrogens with one attached hydrogen (secondary N) is 1. The van der Waals surface area contributed by atoms with Gasteiger partial charge in [0.2, 0.25) is 0 Å². The number of carbonyl (C=O) groups is 3. The van der Waals surface area contributed by atoms with Crippen molar-refractivity contribution in [2.24, 2.45) is 0 Å². The second kappa shape index (κ2) is 8.05. The zero-order valence-corrected chi connectivity index (χ0v) is 16.1. The molecule has 0 spiro atoms. The highest BCUT2D eigenvalue weighted by Crippen LogP contribution is 2.35. The van der Waals surface area contributed by atoms with Crippen LogP contribution in [0.25, 0.3) is 0 Å². The van der Waals surface area contributed by atoms with E-state index in [1.54, 1.807) is 30.3 Å². The molecule has 2 aromatic rings. The van der Waals surface area contributed by atoms with Gasteiger partial charge in [-0.15, -0.1) is 0 Å². The van der Waals surface area contributed by atoms with Gasteiger partial charge < -0.3 is 14.8 Å². The molecule has 7 nitrogen and oxygen atoms in total. The van der Waals surface area contributed by atoms with Gasteiger partial charge in [-0.05, 0) is 50.1 Å². The molecule has 0 aliphatic carbocycles. The van der Waals surface area contributed by atoms with E-state index in [1.165, 1.54) is 12.1 Å². The Morgan fingerprint density at radius 2 is 1.97 bits per heavy atom. The number of imide groups is 1. The largest absolute Gasteiger partial charge is 0.492 e. The molecule has 1 atom stereocenters. The van der Waals surface area contributed by atoms with Gasteiger partial charge in [-0.2, -0.15) is 0 Å². The van der Waals surface area contributed by atoms with E-state index in [2.05, 4.69) is 5.32 Å². The van der Waals surface area contributed by atoms with Crippen LogP contribution in [0.3, 0.4) is 0 Å². The molecule has 7 heteroatoms. The third-order valence-corrected chi connectivity index (χ3v) is 5.07. The maximum absolute atomic E-state index is 13.0. The molecular formula is C22H22N2O5. The van der Waals surface area contributed by atoms with Crippen molar-refractivity contribution in [1.29, 1.82) is 0 Å². The topological polar surface area (TPSA) is 84.9 Å². The van der Waals surface area contributed by atoms with Gasteiger partial charge in [0, 0.05) is 18.7 Å². The predicted molar refractivity (Wildman–Crippen MR) is 107 cm³/mol. The Hall–Kier alpha value is -3.19. The fourth-order valence-corrected chi connectivity index (χ4v) is 3.63. The minimum Gasteiger partial charge on any atom is -0.492 e. The quantitative estimate of drug-likeness (QED) is 0.762. The van der Waals surface area contributed by atoms with Crippen molar-refractivity contribution in [2.45, 2.75) is 25.9 Å². The lowest BCUT2D eigenvalue weighted by molar-refractivity contribution is 0.0857. The first-order valence-corrected chi connectivity index (χ1v) is 9.74. The Labute approximate surface area is 168 Å². The van der Waals surface area contributed by atoms with Crippen LogP contribution in [-0.2, 0) is 4.74 Å². The number of fused-ring (bicyclic) bond motifs is 1. The van der Waals surface area contributed by atoms with Crippen LogP contribution >= 0.6 is 0 Å². The Kier molecular flexibility index (Phi) is 5.31. The second-order valence-corrected chi connectivity index (χ2v) is 6.95. The average molecular weight is 394 g/mol. The standard InChI is InChI=1S/C22H22N2O5/c1-2-28-19-8-4-3-7-18(19)24-21(26)16-10-9-14(12-17(16)22(24)27)20(25)23-13-15-6-5-11-29-15/h3-4,7-10,12,15H,2,5-6,11,13H2,1H3,(H,23,25). The smallest absolute Gasteiger partial charge is 0.266 e. The van der Waals surface area contributed by atoms with Crippen LogP contribution < -0.4 is 15.0 Å². The molecule has 29 heavy (non-hydrogen) atoms. The van der Waals surface area contributed by atoms with Crippen molar-refractivity contribution in [3.8, 4) is 5.75 Å². The number of nitrogens with zero attached hydrogens (tertiary/aromatic N) is 1. The summed E-state index contributed by atoms with van der Waals surface area (Å²) in [5, 5.41) is 2.83. The Morgan fingerprint density at radius 3 is 2.72 bits per heavy atom. The molecule has 1 saturated heterocycles.